The van der Waals surface area contributed by atoms with Crippen LogP contribution in [0.25, 0.3) is 0 Å². The van der Waals surface area contributed by atoms with E-state index in [1.54, 1.807) is 18.2 Å². The van der Waals surface area contributed by atoms with Crippen molar-refractivity contribution in [3.8, 4) is 0 Å². The average molecular weight is 442 g/mol. The molecule has 0 saturated carbocycles. The number of amides is 1. The lowest BCUT2D eigenvalue weighted by Crippen LogP contribution is -2.15. The maximum absolute atomic E-state index is 13.7. The highest BCUT2D eigenvalue weighted by atomic mass is 79.9. The number of anilines is 1. The van der Waals surface area contributed by atoms with Gasteiger partial charge in [0.2, 0.25) is 0 Å². The molecule has 0 bridgehead atoms. The van der Waals surface area contributed by atoms with Crippen molar-refractivity contribution >= 4 is 66.7 Å². The van der Waals surface area contributed by atoms with Gasteiger partial charge in [-0.05, 0) is 40.2 Å². The molecule has 0 atom stereocenters. The zero-order chi connectivity index (χ0) is 14.9. The maximum Gasteiger partial charge on any atom is 0.259 e. The van der Waals surface area contributed by atoms with E-state index in [2.05, 4.69) is 37.2 Å². The first kappa shape index (κ1) is 15.8. The Balaban J connectivity index is 2.38. The second kappa shape index (κ2) is 6.43. The minimum Gasteiger partial charge on any atom is -0.319 e. The third-order valence-corrected chi connectivity index (χ3v) is 4.15. The van der Waals surface area contributed by atoms with Gasteiger partial charge in [-0.15, -0.1) is 0 Å². The third-order valence-electron chi connectivity index (χ3n) is 2.44. The summed E-state index contributed by atoms with van der Waals surface area (Å²) in [5.74, 6) is -1.28. The fourth-order valence-electron chi connectivity index (χ4n) is 1.55. The van der Waals surface area contributed by atoms with Crippen molar-refractivity contribution in [2.45, 2.75) is 0 Å². The lowest BCUT2D eigenvalue weighted by Gasteiger charge is -2.11. The SMILES string of the molecule is O=C(Nc1c(Cl)cc(Br)cc1Cl)c1c(F)cccc1Br. The highest BCUT2D eigenvalue weighted by molar-refractivity contribution is 9.10. The van der Waals surface area contributed by atoms with Gasteiger partial charge in [-0.3, -0.25) is 4.79 Å². The molecule has 104 valence electrons. The van der Waals surface area contributed by atoms with Gasteiger partial charge in [-0.25, -0.2) is 4.39 Å². The van der Waals surface area contributed by atoms with Gasteiger partial charge in [-0.1, -0.05) is 45.2 Å². The molecule has 0 spiro atoms. The maximum atomic E-state index is 13.7. The Morgan fingerprint density at radius 2 is 1.75 bits per heavy atom. The van der Waals surface area contributed by atoms with Crippen molar-refractivity contribution in [1.82, 2.24) is 0 Å². The highest BCUT2D eigenvalue weighted by Crippen LogP contribution is 2.34. The number of halogens is 5. The quantitative estimate of drug-likeness (QED) is 0.616. The number of carbonyl (C=O) groups excluding carboxylic acids is 1. The summed E-state index contributed by atoms with van der Waals surface area (Å²) in [6.07, 6.45) is 0. The van der Waals surface area contributed by atoms with Gasteiger partial charge in [-0.2, -0.15) is 0 Å². The number of hydrogen-bond acceptors (Lipinski definition) is 1. The van der Waals surface area contributed by atoms with Gasteiger partial charge >= 0.3 is 0 Å². The molecule has 0 aliphatic rings. The van der Waals surface area contributed by atoms with Crippen LogP contribution in [-0.4, -0.2) is 5.91 Å². The summed E-state index contributed by atoms with van der Waals surface area (Å²) in [6, 6.07) is 7.43. The van der Waals surface area contributed by atoms with Crippen LogP contribution in [0.2, 0.25) is 10.0 Å². The smallest absolute Gasteiger partial charge is 0.259 e. The Labute approximate surface area is 141 Å². The van der Waals surface area contributed by atoms with E-state index in [4.69, 9.17) is 23.2 Å². The van der Waals surface area contributed by atoms with Crippen molar-refractivity contribution in [2.75, 3.05) is 5.32 Å². The Morgan fingerprint density at radius 3 is 2.30 bits per heavy atom. The molecule has 1 N–H and O–H groups in total. The zero-order valence-corrected chi connectivity index (χ0v) is 14.4. The molecule has 2 aromatic carbocycles. The van der Waals surface area contributed by atoms with Crippen molar-refractivity contribution < 1.29 is 9.18 Å². The summed E-state index contributed by atoms with van der Waals surface area (Å²) >= 11 is 18.4. The molecule has 2 rings (SSSR count). The Hall–Kier alpha value is -0.620. The standard InChI is InChI=1S/C13H6Br2Cl2FNO/c14-6-4-8(16)12(9(17)5-6)19-13(20)11-7(15)2-1-3-10(11)18/h1-5H,(H,19,20). The van der Waals surface area contributed by atoms with E-state index in [-0.39, 0.29) is 21.3 Å². The monoisotopic (exact) mass is 439 g/mol. The van der Waals surface area contributed by atoms with Gasteiger partial charge in [0, 0.05) is 8.95 Å². The van der Waals surface area contributed by atoms with Crippen LogP contribution in [0.1, 0.15) is 10.4 Å². The summed E-state index contributed by atoms with van der Waals surface area (Å²) in [7, 11) is 0. The molecule has 0 aliphatic heterocycles. The lowest BCUT2D eigenvalue weighted by atomic mass is 10.2. The van der Waals surface area contributed by atoms with Gasteiger partial charge in [0.15, 0.2) is 0 Å². The number of carbonyl (C=O) groups is 1. The fourth-order valence-corrected chi connectivity index (χ4v) is 3.38. The predicted molar refractivity (Wildman–Crippen MR) is 86.2 cm³/mol. The van der Waals surface area contributed by atoms with Crippen LogP contribution in [0.5, 0.6) is 0 Å². The van der Waals surface area contributed by atoms with Crippen molar-refractivity contribution in [3.05, 3.63) is 60.7 Å². The van der Waals surface area contributed by atoms with Gasteiger partial charge in [0.05, 0.1) is 21.3 Å². The Morgan fingerprint density at radius 1 is 1.15 bits per heavy atom. The average Bonchev–Trinajstić information content (AvgIpc) is 2.33. The molecule has 0 aliphatic carbocycles. The normalized spacial score (nSPS) is 10.4. The summed E-state index contributed by atoms with van der Waals surface area (Å²) in [5, 5.41) is 3.02. The van der Waals surface area contributed by atoms with Gasteiger partial charge in [0.1, 0.15) is 5.82 Å². The molecule has 0 aromatic heterocycles. The third kappa shape index (κ3) is 3.34. The van der Waals surface area contributed by atoms with Crippen LogP contribution in [-0.2, 0) is 0 Å². The predicted octanol–water partition coefficient (Wildman–Crippen LogP) is 5.91. The molecule has 2 nitrogen and oxygen atoms in total. The van der Waals surface area contributed by atoms with Gasteiger partial charge in [0.25, 0.3) is 5.91 Å². The summed E-state index contributed by atoms with van der Waals surface area (Å²) < 4.78 is 14.7. The van der Waals surface area contributed by atoms with Gasteiger partial charge < -0.3 is 5.32 Å². The minimum atomic E-state index is -0.638. The number of hydrogen-bond donors (Lipinski definition) is 1. The molecule has 0 saturated heterocycles. The van der Waals surface area contributed by atoms with Crippen LogP contribution in [0.15, 0.2) is 39.3 Å². The van der Waals surface area contributed by atoms with Crippen LogP contribution in [0.3, 0.4) is 0 Å². The van der Waals surface area contributed by atoms with E-state index < -0.39 is 11.7 Å². The molecule has 0 radical (unpaired) electrons. The lowest BCUT2D eigenvalue weighted by molar-refractivity contribution is 0.102. The van der Waals surface area contributed by atoms with Crippen LogP contribution < -0.4 is 5.32 Å². The number of benzene rings is 2. The summed E-state index contributed by atoms with van der Waals surface area (Å²) in [6.45, 7) is 0. The number of nitrogens with one attached hydrogen (secondary N) is 1. The Kier molecular flexibility index (Phi) is 5.07. The molecule has 2 aromatic rings. The molecule has 0 unspecified atom stereocenters. The highest BCUT2D eigenvalue weighted by Gasteiger charge is 2.18. The largest absolute Gasteiger partial charge is 0.319 e. The van der Waals surface area contributed by atoms with E-state index in [0.717, 1.165) is 0 Å². The fraction of sp³-hybridized carbons (Fsp3) is 0. The van der Waals surface area contributed by atoms with Crippen LogP contribution in [0.4, 0.5) is 10.1 Å². The van der Waals surface area contributed by atoms with E-state index in [9.17, 15) is 9.18 Å². The Bertz CT molecular complexity index is 651. The zero-order valence-electron chi connectivity index (χ0n) is 9.68. The minimum absolute atomic E-state index is 0.109. The molecular formula is C13H6Br2Cl2FNO. The van der Waals surface area contributed by atoms with E-state index in [1.165, 1.54) is 12.1 Å². The molecular weight excluding hydrogens is 436 g/mol. The van der Waals surface area contributed by atoms with E-state index in [0.29, 0.717) is 8.95 Å². The summed E-state index contributed by atoms with van der Waals surface area (Å²) in [5.41, 5.74) is 0.124. The molecule has 7 heteroatoms. The molecule has 0 heterocycles. The second-order valence-electron chi connectivity index (χ2n) is 3.80. The van der Waals surface area contributed by atoms with Crippen molar-refractivity contribution in [3.63, 3.8) is 0 Å². The molecule has 20 heavy (non-hydrogen) atoms. The molecule has 1 amide bonds. The first-order chi connectivity index (χ1) is 9.40. The first-order valence-electron chi connectivity index (χ1n) is 5.30. The number of rotatable bonds is 2. The first-order valence-corrected chi connectivity index (χ1v) is 7.64. The van der Waals surface area contributed by atoms with Crippen LogP contribution in [0, 0.1) is 5.82 Å². The topological polar surface area (TPSA) is 29.1 Å². The summed E-state index contributed by atoms with van der Waals surface area (Å²) in [4.78, 5) is 12.1. The van der Waals surface area contributed by atoms with E-state index in [1.807, 2.05) is 0 Å². The van der Waals surface area contributed by atoms with Crippen molar-refractivity contribution in [2.24, 2.45) is 0 Å². The van der Waals surface area contributed by atoms with E-state index >= 15 is 0 Å². The van der Waals surface area contributed by atoms with Crippen molar-refractivity contribution in [1.29, 1.82) is 0 Å². The molecule has 0 fully saturated rings. The van der Waals surface area contributed by atoms with Crippen LogP contribution >= 0.6 is 55.1 Å². The second-order valence-corrected chi connectivity index (χ2v) is 6.38.